The number of hydrogen-bond donors (Lipinski definition) is 0. The standard InChI is InChI=1S/C55H39N2O3P3/c58-61(40-19-7-1-8-20-40,41-21-9-2-10-22-41)46-32-35-50-51(37-46)49-34-31-48(63(60,44-27-15-5-16-28-44)45-29-17-6-18-30-45)39-54(49)57-53-36-33-47(38-52(53)56-55(50)57)62(59,42-23-11-3-12-24-42)43-25-13-4-14-26-43/h1-39H. The molecule has 63 heavy (non-hydrogen) atoms. The molecule has 0 N–H and O–H groups in total. The maximum Gasteiger partial charge on any atom is 0.171 e. The number of hydrogen-bond acceptors (Lipinski definition) is 4. The topological polar surface area (TPSA) is 68.5 Å². The van der Waals surface area contributed by atoms with Crippen LogP contribution in [-0.4, -0.2) is 9.38 Å². The molecule has 0 aliphatic heterocycles. The molecule has 0 atom stereocenters. The van der Waals surface area contributed by atoms with E-state index in [1.807, 2.05) is 218 Å². The largest absolute Gasteiger partial charge is 0.309 e. The summed E-state index contributed by atoms with van der Waals surface area (Å²) >= 11 is 0. The van der Waals surface area contributed by atoms with Crippen molar-refractivity contribution >= 4 is 108 Å². The van der Waals surface area contributed by atoms with Crippen LogP contribution in [0.3, 0.4) is 0 Å². The Morgan fingerprint density at radius 2 is 0.619 bits per heavy atom. The Hall–Kier alpha value is -6.86. The van der Waals surface area contributed by atoms with Crippen molar-refractivity contribution in [1.29, 1.82) is 0 Å². The third kappa shape index (κ3) is 6.23. The van der Waals surface area contributed by atoms with E-state index in [4.69, 9.17) is 4.98 Å². The van der Waals surface area contributed by atoms with Crippen LogP contribution in [0.25, 0.3) is 38.4 Å². The second kappa shape index (κ2) is 15.5. The van der Waals surface area contributed by atoms with Crippen LogP contribution < -0.4 is 47.7 Å². The smallest absolute Gasteiger partial charge is 0.171 e. The number of pyridine rings is 1. The van der Waals surface area contributed by atoms with Gasteiger partial charge in [0.25, 0.3) is 0 Å². The van der Waals surface area contributed by atoms with Gasteiger partial charge in [-0.2, -0.15) is 0 Å². The Kier molecular flexibility index (Phi) is 9.60. The average Bonchev–Trinajstić information content (AvgIpc) is 3.76. The summed E-state index contributed by atoms with van der Waals surface area (Å²) in [5.41, 5.74) is 2.99. The molecule has 0 amide bonds. The molecule has 0 aliphatic rings. The minimum atomic E-state index is -3.39. The van der Waals surface area contributed by atoms with Gasteiger partial charge in [0.2, 0.25) is 0 Å². The van der Waals surface area contributed by atoms with E-state index in [-0.39, 0.29) is 0 Å². The number of benzene rings is 9. The first-order valence-corrected chi connectivity index (χ1v) is 26.0. The molecule has 2 aromatic heterocycles. The Labute approximate surface area is 365 Å². The molecule has 2 heterocycles. The molecular weight excluding hydrogens is 830 g/mol. The predicted octanol–water partition coefficient (Wildman–Crippen LogP) is 9.71. The number of rotatable bonds is 9. The molecule has 0 saturated carbocycles. The highest BCUT2D eigenvalue weighted by Crippen LogP contribution is 2.47. The summed E-state index contributed by atoms with van der Waals surface area (Å²) in [6.45, 7) is 0. The fraction of sp³-hybridized carbons (Fsp3) is 0. The lowest BCUT2D eigenvalue weighted by molar-refractivity contribution is 0.591. The lowest BCUT2D eigenvalue weighted by atomic mass is 10.1. The summed E-state index contributed by atoms with van der Waals surface area (Å²) in [7, 11) is -10.1. The minimum absolute atomic E-state index is 0.677. The second-order valence-electron chi connectivity index (χ2n) is 15.7. The van der Waals surface area contributed by atoms with Crippen LogP contribution in [0.1, 0.15) is 0 Å². The van der Waals surface area contributed by atoms with Crippen LogP contribution >= 0.6 is 21.4 Å². The second-order valence-corrected chi connectivity index (χ2v) is 24.0. The van der Waals surface area contributed by atoms with E-state index in [2.05, 4.69) is 22.6 Å². The van der Waals surface area contributed by atoms with Gasteiger partial charge >= 0.3 is 0 Å². The lowest BCUT2D eigenvalue weighted by Crippen LogP contribution is -2.25. The first-order valence-electron chi connectivity index (χ1n) is 20.9. The summed E-state index contributed by atoms with van der Waals surface area (Å²) in [5, 5.41) is 9.14. The maximum atomic E-state index is 15.9. The van der Waals surface area contributed by atoms with Gasteiger partial charge < -0.3 is 13.7 Å². The minimum Gasteiger partial charge on any atom is -0.309 e. The summed E-state index contributed by atoms with van der Waals surface area (Å²) in [5.74, 6) is 0. The van der Waals surface area contributed by atoms with Gasteiger partial charge in [-0.15, -0.1) is 0 Å². The van der Waals surface area contributed by atoms with E-state index in [0.717, 1.165) is 59.0 Å². The normalized spacial score (nSPS) is 12.3. The molecule has 302 valence electrons. The highest BCUT2D eigenvalue weighted by Gasteiger charge is 2.34. The number of nitrogens with zero attached hydrogens (tertiary/aromatic N) is 2. The first kappa shape index (κ1) is 39.0. The van der Waals surface area contributed by atoms with Crippen molar-refractivity contribution in [3.8, 4) is 0 Å². The SMILES string of the molecule is O=P(c1ccccc1)(c1ccccc1)c1ccc2c(c1)nc1c3ccc(P(=O)(c4ccccc4)c4ccccc4)cc3c3ccc(P(=O)(c4ccccc4)c4ccccc4)cc3n21. The fourth-order valence-corrected chi connectivity index (χ4v) is 17.1. The van der Waals surface area contributed by atoms with Gasteiger partial charge in [0, 0.05) is 58.5 Å². The zero-order valence-electron chi connectivity index (χ0n) is 34.0. The molecule has 0 radical (unpaired) electrons. The summed E-state index contributed by atoms with van der Waals surface area (Å²) in [6.07, 6.45) is 0. The summed E-state index contributed by atoms with van der Waals surface area (Å²) in [4.78, 5) is 5.38. The van der Waals surface area contributed by atoms with Crippen molar-refractivity contribution < 1.29 is 13.7 Å². The molecular formula is C55H39N2O3P3. The highest BCUT2D eigenvalue weighted by molar-refractivity contribution is 7.86. The van der Waals surface area contributed by atoms with Crippen LogP contribution in [0.15, 0.2) is 237 Å². The quantitative estimate of drug-likeness (QED) is 0.107. The van der Waals surface area contributed by atoms with E-state index >= 15 is 13.7 Å². The van der Waals surface area contributed by atoms with Gasteiger partial charge in [-0.05, 0) is 41.8 Å². The summed E-state index contributed by atoms with van der Waals surface area (Å²) in [6, 6.07) is 76.2. The number of imidazole rings is 1. The predicted molar refractivity (Wildman–Crippen MR) is 266 cm³/mol. The van der Waals surface area contributed by atoms with Crippen molar-refractivity contribution in [3.05, 3.63) is 237 Å². The van der Waals surface area contributed by atoms with Crippen molar-refractivity contribution in [3.63, 3.8) is 0 Å². The van der Waals surface area contributed by atoms with Gasteiger partial charge in [-0.25, -0.2) is 4.98 Å². The molecule has 5 nitrogen and oxygen atoms in total. The molecule has 0 saturated heterocycles. The van der Waals surface area contributed by atoms with Gasteiger partial charge in [0.1, 0.15) is 5.65 Å². The Morgan fingerprint density at radius 1 is 0.286 bits per heavy atom. The van der Waals surface area contributed by atoms with Crippen LogP contribution in [0, 0.1) is 0 Å². The van der Waals surface area contributed by atoms with Gasteiger partial charge in [0.05, 0.1) is 16.6 Å². The summed E-state index contributed by atoms with van der Waals surface area (Å²) < 4.78 is 49.4. The van der Waals surface area contributed by atoms with E-state index in [0.29, 0.717) is 27.1 Å². The van der Waals surface area contributed by atoms with Crippen molar-refractivity contribution in [2.24, 2.45) is 0 Å². The van der Waals surface area contributed by atoms with E-state index in [1.165, 1.54) is 0 Å². The van der Waals surface area contributed by atoms with Gasteiger partial charge in [0.15, 0.2) is 21.4 Å². The van der Waals surface area contributed by atoms with Gasteiger partial charge in [-0.3, -0.25) is 4.40 Å². The average molecular weight is 869 g/mol. The molecule has 0 bridgehead atoms. The van der Waals surface area contributed by atoms with E-state index in [9.17, 15) is 0 Å². The zero-order valence-corrected chi connectivity index (χ0v) is 36.7. The van der Waals surface area contributed by atoms with Crippen LogP contribution in [0.4, 0.5) is 0 Å². The first-order chi connectivity index (χ1) is 30.9. The molecule has 11 rings (SSSR count). The molecule has 8 heteroatoms. The number of fused-ring (bicyclic) bond motifs is 8. The fourth-order valence-electron chi connectivity index (χ4n) is 9.13. The Morgan fingerprint density at radius 3 is 1.02 bits per heavy atom. The molecule has 11 aromatic rings. The van der Waals surface area contributed by atoms with Crippen molar-refractivity contribution in [1.82, 2.24) is 9.38 Å². The molecule has 0 spiro atoms. The van der Waals surface area contributed by atoms with Crippen molar-refractivity contribution in [2.45, 2.75) is 0 Å². The molecule has 0 fully saturated rings. The third-order valence-corrected chi connectivity index (χ3v) is 21.4. The molecule has 0 aliphatic carbocycles. The van der Waals surface area contributed by atoms with Gasteiger partial charge in [-0.1, -0.05) is 200 Å². The van der Waals surface area contributed by atoms with E-state index < -0.39 is 21.4 Å². The molecule has 0 unspecified atom stereocenters. The molecule has 9 aromatic carbocycles. The monoisotopic (exact) mass is 868 g/mol. The zero-order chi connectivity index (χ0) is 42.6. The van der Waals surface area contributed by atoms with Crippen LogP contribution in [0.2, 0.25) is 0 Å². The van der Waals surface area contributed by atoms with Crippen LogP contribution in [-0.2, 0) is 13.7 Å². The maximum absolute atomic E-state index is 15.9. The third-order valence-electron chi connectivity index (χ3n) is 12.2. The Balaban J connectivity index is 1.23. The lowest BCUT2D eigenvalue weighted by Gasteiger charge is -2.22. The Bertz CT molecular complexity index is 3510. The highest BCUT2D eigenvalue weighted by atomic mass is 31.2. The number of aromatic nitrogens is 2. The van der Waals surface area contributed by atoms with Crippen molar-refractivity contribution in [2.75, 3.05) is 0 Å². The van der Waals surface area contributed by atoms with E-state index in [1.54, 1.807) is 0 Å². The van der Waals surface area contributed by atoms with Crippen LogP contribution in [0.5, 0.6) is 0 Å².